The Hall–Kier alpha value is -2.53. The number of ether oxygens (including phenoxy) is 1. The molecule has 5 heteroatoms. The maximum absolute atomic E-state index is 12.6. The van der Waals surface area contributed by atoms with Gasteiger partial charge in [-0.3, -0.25) is 4.79 Å². The van der Waals surface area contributed by atoms with Crippen molar-refractivity contribution in [1.29, 1.82) is 0 Å². The van der Waals surface area contributed by atoms with E-state index in [1.165, 1.54) is 0 Å². The van der Waals surface area contributed by atoms with Gasteiger partial charge in [0.2, 0.25) is 0 Å². The van der Waals surface area contributed by atoms with E-state index in [-0.39, 0.29) is 12.5 Å². The number of hydrogen-bond acceptors (Lipinski definition) is 4. The molecule has 2 aromatic rings. The second-order valence-electron chi connectivity index (χ2n) is 7.97. The summed E-state index contributed by atoms with van der Waals surface area (Å²) in [5, 5.41) is 3.05. The van der Waals surface area contributed by atoms with Crippen molar-refractivity contribution in [1.82, 2.24) is 4.90 Å². The molecule has 1 fully saturated rings. The Morgan fingerprint density at radius 3 is 2.52 bits per heavy atom. The minimum atomic E-state index is -0.138. The van der Waals surface area contributed by atoms with Gasteiger partial charge in [-0.25, -0.2) is 0 Å². The van der Waals surface area contributed by atoms with E-state index in [9.17, 15) is 4.79 Å². The van der Waals surface area contributed by atoms with Crippen LogP contribution in [0.2, 0.25) is 0 Å². The summed E-state index contributed by atoms with van der Waals surface area (Å²) in [4.78, 5) is 17.4. The molecular formula is C24H33N3O2. The molecule has 29 heavy (non-hydrogen) atoms. The van der Waals surface area contributed by atoms with Gasteiger partial charge < -0.3 is 19.9 Å². The molecule has 1 aliphatic rings. The standard InChI is InChI=1S/C24H33N3O2/c1-5-26-12-14-27(15-13-26)22-9-7-6-8-21(22)25-24(28)17-29-23-16-19(4)10-11-20(23)18(2)3/h6-11,16,18H,5,12-15,17H2,1-4H3,(H,25,28). The van der Waals surface area contributed by atoms with Crippen LogP contribution in [0.3, 0.4) is 0 Å². The Morgan fingerprint density at radius 2 is 1.83 bits per heavy atom. The summed E-state index contributed by atoms with van der Waals surface area (Å²) in [5.41, 5.74) is 4.17. The van der Waals surface area contributed by atoms with Crippen LogP contribution in [0.4, 0.5) is 11.4 Å². The van der Waals surface area contributed by atoms with E-state index in [4.69, 9.17) is 4.74 Å². The first kappa shape index (κ1) is 21.2. The summed E-state index contributed by atoms with van der Waals surface area (Å²) >= 11 is 0. The summed E-state index contributed by atoms with van der Waals surface area (Å²) < 4.78 is 5.89. The van der Waals surface area contributed by atoms with Crippen molar-refractivity contribution in [3.8, 4) is 5.75 Å². The van der Waals surface area contributed by atoms with Crippen LogP contribution in [0.15, 0.2) is 42.5 Å². The number of para-hydroxylation sites is 2. The van der Waals surface area contributed by atoms with E-state index in [2.05, 4.69) is 54.1 Å². The van der Waals surface area contributed by atoms with Crippen LogP contribution in [0.25, 0.3) is 0 Å². The number of hydrogen-bond donors (Lipinski definition) is 1. The van der Waals surface area contributed by atoms with Crippen LogP contribution >= 0.6 is 0 Å². The molecule has 0 atom stereocenters. The third-order valence-corrected chi connectivity index (χ3v) is 5.49. The molecule has 0 aromatic heterocycles. The highest BCUT2D eigenvalue weighted by Gasteiger charge is 2.19. The fraction of sp³-hybridized carbons (Fsp3) is 0.458. The van der Waals surface area contributed by atoms with Crippen molar-refractivity contribution in [2.75, 3.05) is 49.5 Å². The van der Waals surface area contributed by atoms with Crippen LogP contribution in [0, 0.1) is 6.92 Å². The molecule has 0 unspecified atom stereocenters. The lowest BCUT2D eigenvalue weighted by atomic mass is 10.0. The summed E-state index contributed by atoms with van der Waals surface area (Å²) in [6.07, 6.45) is 0. The fourth-order valence-electron chi connectivity index (χ4n) is 3.73. The Morgan fingerprint density at radius 1 is 1.10 bits per heavy atom. The highest BCUT2D eigenvalue weighted by atomic mass is 16.5. The van der Waals surface area contributed by atoms with Gasteiger partial charge in [0.25, 0.3) is 5.91 Å². The minimum absolute atomic E-state index is 0.00111. The van der Waals surface area contributed by atoms with Gasteiger partial charge >= 0.3 is 0 Å². The molecule has 0 bridgehead atoms. The molecule has 1 heterocycles. The molecule has 3 rings (SSSR count). The monoisotopic (exact) mass is 395 g/mol. The van der Waals surface area contributed by atoms with Gasteiger partial charge in [0.05, 0.1) is 11.4 Å². The van der Waals surface area contributed by atoms with Crippen molar-refractivity contribution < 1.29 is 9.53 Å². The number of nitrogens with zero attached hydrogens (tertiary/aromatic N) is 2. The molecule has 5 nitrogen and oxygen atoms in total. The van der Waals surface area contributed by atoms with Crippen molar-refractivity contribution >= 4 is 17.3 Å². The van der Waals surface area contributed by atoms with Gasteiger partial charge in [0, 0.05) is 26.2 Å². The third-order valence-electron chi connectivity index (χ3n) is 5.49. The fourth-order valence-corrected chi connectivity index (χ4v) is 3.73. The third kappa shape index (κ3) is 5.51. The number of aryl methyl sites for hydroxylation is 1. The number of likely N-dealkylation sites (N-methyl/N-ethyl adjacent to an activating group) is 1. The van der Waals surface area contributed by atoms with Gasteiger partial charge in [-0.2, -0.15) is 0 Å². The molecule has 1 N–H and O–H groups in total. The SMILES string of the molecule is CCN1CCN(c2ccccc2NC(=O)COc2cc(C)ccc2C(C)C)CC1. The van der Waals surface area contributed by atoms with E-state index < -0.39 is 0 Å². The molecule has 0 saturated carbocycles. The molecular weight excluding hydrogens is 362 g/mol. The number of piperazine rings is 1. The second-order valence-corrected chi connectivity index (χ2v) is 7.97. The molecule has 1 amide bonds. The van der Waals surface area contributed by atoms with Crippen molar-refractivity contribution in [3.63, 3.8) is 0 Å². The van der Waals surface area contributed by atoms with Crippen LogP contribution in [-0.4, -0.2) is 50.1 Å². The van der Waals surface area contributed by atoms with Gasteiger partial charge in [-0.1, -0.05) is 45.0 Å². The summed E-state index contributed by atoms with van der Waals surface area (Å²) in [7, 11) is 0. The summed E-state index contributed by atoms with van der Waals surface area (Å²) in [5.74, 6) is 0.996. The van der Waals surface area contributed by atoms with Crippen LogP contribution in [0.1, 0.15) is 37.8 Å². The smallest absolute Gasteiger partial charge is 0.262 e. The number of carbonyl (C=O) groups is 1. The predicted octanol–water partition coefficient (Wildman–Crippen LogP) is 4.28. The minimum Gasteiger partial charge on any atom is -0.483 e. The van der Waals surface area contributed by atoms with E-state index >= 15 is 0 Å². The Bertz CT molecular complexity index is 827. The van der Waals surface area contributed by atoms with E-state index in [1.807, 2.05) is 31.2 Å². The van der Waals surface area contributed by atoms with Crippen LogP contribution in [0.5, 0.6) is 5.75 Å². The number of benzene rings is 2. The Kier molecular flexibility index (Phi) is 7.15. The number of carbonyl (C=O) groups excluding carboxylic acids is 1. The molecule has 1 saturated heterocycles. The topological polar surface area (TPSA) is 44.8 Å². The van der Waals surface area contributed by atoms with Gasteiger partial charge in [0.1, 0.15) is 5.75 Å². The Labute approximate surface area is 174 Å². The zero-order valence-electron chi connectivity index (χ0n) is 18.1. The lowest BCUT2D eigenvalue weighted by molar-refractivity contribution is -0.118. The number of rotatable bonds is 7. The highest BCUT2D eigenvalue weighted by molar-refractivity contribution is 5.95. The lowest BCUT2D eigenvalue weighted by Gasteiger charge is -2.36. The number of amides is 1. The van der Waals surface area contributed by atoms with Crippen molar-refractivity contribution in [2.45, 2.75) is 33.6 Å². The van der Waals surface area contributed by atoms with Gasteiger partial charge in [-0.05, 0) is 48.7 Å². The van der Waals surface area contributed by atoms with Gasteiger partial charge in [-0.15, -0.1) is 0 Å². The quantitative estimate of drug-likeness (QED) is 0.760. The molecule has 2 aromatic carbocycles. The summed E-state index contributed by atoms with van der Waals surface area (Å²) in [6, 6.07) is 14.2. The molecule has 0 radical (unpaired) electrons. The Balaban J connectivity index is 1.64. The van der Waals surface area contributed by atoms with Crippen molar-refractivity contribution in [3.05, 3.63) is 53.6 Å². The zero-order valence-corrected chi connectivity index (χ0v) is 18.1. The maximum Gasteiger partial charge on any atom is 0.262 e. The van der Waals surface area contributed by atoms with E-state index in [1.54, 1.807) is 0 Å². The highest BCUT2D eigenvalue weighted by Crippen LogP contribution is 2.28. The van der Waals surface area contributed by atoms with E-state index in [0.29, 0.717) is 5.92 Å². The van der Waals surface area contributed by atoms with E-state index in [0.717, 1.165) is 61.0 Å². The predicted molar refractivity (Wildman–Crippen MR) is 120 cm³/mol. The summed E-state index contributed by atoms with van der Waals surface area (Å²) in [6.45, 7) is 13.6. The average Bonchev–Trinajstić information content (AvgIpc) is 2.72. The lowest BCUT2D eigenvalue weighted by Crippen LogP contribution is -2.46. The molecule has 1 aliphatic heterocycles. The van der Waals surface area contributed by atoms with Crippen LogP contribution in [-0.2, 0) is 4.79 Å². The first-order valence-corrected chi connectivity index (χ1v) is 10.6. The first-order chi connectivity index (χ1) is 14.0. The second kappa shape index (κ2) is 9.79. The van der Waals surface area contributed by atoms with Gasteiger partial charge in [0.15, 0.2) is 6.61 Å². The molecule has 156 valence electrons. The average molecular weight is 396 g/mol. The van der Waals surface area contributed by atoms with Crippen molar-refractivity contribution in [2.24, 2.45) is 0 Å². The van der Waals surface area contributed by atoms with Crippen LogP contribution < -0.4 is 15.0 Å². The molecule has 0 aliphatic carbocycles. The number of anilines is 2. The first-order valence-electron chi connectivity index (χ1n) is 10.6. The largest absolute Gasteiger partial charge is 0.483 e. The zero-order chi connectivity index (χ0) is 20.8. The molecule has 0 spiro atoms. The maximum atomic E-state index is 12.6. The normalized spacial score (nSPS) is 14.9. The number of nitrogens with one attached hydrogen (secondary N) is 1.